The Labute approximate surface area is 105 Å². The van der Waals surface area contributed by atoms with Crippen molar-refractivity contribution < 1.29 is 4.79 Å². The van der Waals surface area contributed by atoms with Crippen LogP contribution in [0.2, 0.25) is 4.34 Å². The Morgan fingerprint density at radius 3 is 2.69 bits per heavy atom. The fraction of sp³-hybridized carbons (Fsp3) is 0.545. The molecule has 3 nitrogen and oxygen atoms in total. The van der Waals surface area contributed by atoms with Gasteiger partial charge in [-0.05, 0) is 25.5 Å². The van der Waals surface area contributed by atoms with Gasteiger partial charge < -0.3 is 10.6 Å². The lowest BCUT2D eigenvalue weighted by Gasteiger charge is -2.27. The molecule has 0 spiro atoms. The Balaban J connectivity index is 2.65. The number of hydrogen-bond donors (Lipinski definition) is 1. The van der Waals surface area contributed by atoms with Gasteiger partial charge in [0, 0.05) is 11.9 Å². The van der Waals surface area contributed by atoms with E-state index in [1.165, 1.54) is 11.3 Å². The molecule has 1 aromatic heterocycles. The quantitative estimate of drug-likeness (QED) is 0.904. The molecule has 0 fully saturated rings. The number of hydrogen-bond acceptors (Lipinski definition) is 3. The van der Waals surface area contributed by atoms with E-state index in [1.54, 1.807) is 18.9 Å². The summed E-state index contributed by atoms with van der Waals surface area (Å²) < 4.78 is 0.738. The van der Waals surface area contributed by atoms with Crippen LogP contribution >= 0.6 is 22.9 Å². The van der Waals surface area contributed by atoms with Crippen LogP contribution in [0, 0.1) is 0 Å². The summed E-state index contributed by atoms with van der Waals surface area (Å²) in [5, 5.41) is 0. The van der Waals surface area contributed by atoms with Gasteiger partial charge in [-0.15, -0.1) is 11.3 Å². The van der Waals surface area contributed by atoms with Crippen molar-refractivity contribution in [2.45, 2.75) is 32.4 Å². The molecule has 1 aromatic rings. The van der Waals surface area contributed by atoms with Crippen LogP contribution in [0.1, 0.15) is 25.1 Å². The molecule has 0 aliphatic rings. The molecule has 0 aliphatic heterocycles. The molecule has 5 heteroatoms. The zero-order valence-corrected chi connectivity index (χ0v) is 11.4. The van der Waals surface area contributed by atoms with Gasteiger partial charge >= 0.3 is 0 Å². The van der Waals surface area contributed by atoms with Gasteiger partial charge in [0.1, 0.15) is 0 Å². The molecule has 1 rings (SSSR count). The van der Waals surface area contributed by atoms with Crippen molar-refractivity contribution in [3.8, 4) is 0 Å². The highest BCUT2D eigenvalue weighted by Crippen LogP contribution is 2.23. The summed E-state index contributed by atoms with van der Waals surface area (Å²) in [6, 6.07) is 3.76. The number of carbonyl (C=O) groups excluding carboxylic acids is 1. The fourth-order valence-electron chi connectivity index (χ4n) is 1.33. The van der Waals surface area contributed by atoms with Crippen LogP contribution < -0.4 is 5.73 Å². The number of amides is 1. The molecular weight excluding hydrogens is 244 g/mol. The summed E-state index contributed by atoms with van der Waals surface area (Å²) in [6.07, 6.45) is 0.626. The van der Waals surface area contributed by atoms with E-state index in [-0.39, 0.29) is 5.91 Å². The topological polar surface area (TPSA) is 46.3 Å². The zero-order chi connectivity index (χ0) is 12.3. The largest absolute Gasteiger partial charge is 0.339 e. The lowest BCUT2D eigenvalue weighted by molar-refractivity contribution is -0.135. The van der Waals surface area contributed by atoms with Crippen LogP contribution in [0.3, 0.4) is 0 Å². The lowest BCUT2D eigenvalue weighted by atomic mass is 9.99. The molecule has 1 amide bonds. The molecule has 1 heterocycles. The summed E-state index contributed by atoms with van der Waals surface area (Å²) in [5.41, 5.74) is 5.12. The fourth-order valence-corrected chi connectivity index (χ4v) is 2.47. The van der Waals surface area contributed by atoms with Crippen LogP contribution in [0.15, 0.2) is 12.1 Å². The van der Waals surface area contributed by atoms with Gasteiger partial charge in [0.15, 0.2) is 0 Å². The number of rotatable bonds is 4. The second-order valence-electron chi connectivity index (χ2n) is 4.14. The second-order valence-corrected chi connectivity index (χ2v) is 5.94. The second kappa shape index (κ2) is 5.17. The standard InChI is InChI=1S/C11H17ClN2OS/c1-4-11(2,13)10(15)14(3)7-8-5-6-9(12)16-8/h5-6H,4,7,13H2,1-3H3. The van der Waals surface area contributed by atoms with Crippen molar-refractivity contribution >= 4 is 28.8 Å². The van der Waals surface area contributed by atoms with E-state index in [0.29, 0.717) is 13.0 Å². The van der Waals surface area contributed by atoms with E-state index in [0.717, 1.165) is 9.21 Å². The molecule has 1 unspecified atom stereocenters. The lowest BCUT2D eigenvalue weighted by Crippen LogP contribution is -2.51. The van der Waals surface area contributed by atoms with Crippen molar-refractivity contribution in [2.75, 3.05) is 7.05 Å². The third-order valence-corrected chi connectivity index (χ3v) is 3.81. The van der Waals surface area contributed by atoms with Gasteiger partial charge in [-0.2, -0.15) is 0 Å². The first kappa shape index (κ1) is 13.5. The maximum absolute atomic E-state index is 12.0. The first-order valence-corrected chi connectivity index (χ1v) is 6.35. The number of halogens is 1. The Hall–Kier alpha value is -0.580. The average Bonchev–Trinajstić information content (AvgIpc) is 2.62. The summed E-state index contributed by atoms with van der Waals surface area (Å²) in [5.74, 6) is -0.0421. The molecule has 90 valence electrons. The summed E-state index contributed by atoms with van der Waals surface area (Å²) in [4.78, 5) is 14.7. The van der Waals surface area contributed by atoms with Crippen molar-refractivity contribution in [2.24, 2.45) is 5.73 Å². The highest BCUT2D eigenvalue weighted by molar-refractivity contribution is 7.16. The number of thiophene rings is 1. The van der Waals surface area contributed by atoms with E-state index >= 15 is 0 Å². The SMILES string of the molecule is CCC(C)(N)C(=O)N(C)Cc1ccc(Cl)s1. The normalized spacial score (nSPS) is 14.6. The van der Waals surface area contributed by atoms with Crippen LogP contribution in [0.4, 0.5) is 0 Å². The third-order valence-electron chi connectivity index (χ3n) is 2.59. The van der Waals surface area contributed by atoms with Crippen molar-refractivity contribution in [1.82, 2.24) is 4.90 Å². The van der Waals surface area contributed by atoms with Crippen molar-refractivity contribution in [1.29, 1.82) is 0 Å². The molecule has 0 saturated heterocycles. The molecule has 0 bridgehead atoms. The predicted molar refractivity (Wildman–Crippen MR) is 68.7 cm³/mol. The van der Waals surface area contributed by atoms with Gasteiger partial charge in [-0.3, -0.25) is 4.79 Å². The maximum Gasteiger partial charge on any atom is 0.242 e. The molecule has 2 N–H and O–H groups in total. The zero-order valence-electron chi connectivity index (χ0n) is 9.79. The van der Waals surface area contributed by atoms with Crippen molar-refractivity contribution in [3.63, 3.8) is 0 Å². The van der Waals surface area contributed by atoms with Gasteiger partial charge in [0.2, 0.25) is 5.91 Å². The summed E-state index contributed by atoms with van der Waals surface area (Å²) in [7, 11) is 1.76. The van der Waals surface area contributed by atoms with Gasteiger partial charge in [0.25, 0.3) is 0 Å². The van der Waals surface area contributed by atoms with E-state index in [9.17, 15) is 4.79 Å². The molecular formula is C11H17ClN2OS. The highest BCUT2D eigenvalue weighted by Gasteiger charge is 2.29. The molecule has 0 aliphatic carbocycles. The van der Waals surface area contributed by atoms with Crippen LogP contribution in [-0.4, -0.2) is 23.4 Å². The molecule has 0 radical (unpaired) electrons. The van der Waals surface area contributed by atoms with Gasteiger partial charge in [0.05, 0.1) is 16.4 Å². The minimum atomic E-state index is -0.782. The Bertz CT molecular complexity index is 376. The number of likely N-dealkylation sites (N-methyl/N-ethyl adjacent to an activating group) is 1. The molecule has 16 heavy (non-hydrogen) atoms. The predicted octanol–water partition coefficient (Wildman–Crippen LogP) is 2.49. The summed E-state index contributed by atoms with van der Waals surface area (Å²) >= 11 is 7.31. The van der Waals surface area contributed by atoms with Crippen LogP contribution in [-0.2, 0) is 11.3 Å². The molecule has 0 saturated carbocycles. The minimum absolute atomic E-state index is 0.0421. The average molecular weight is 261 g/mol. The first-order chi connectivity index (χ1) is 7.36. The Morgan fingerprint density at radius 1 is 1.62 bits per heavy atom. The number of nitrogens with two attached hydrogens (primary N) is 1. The third kappa shape index (κ3) is 3.20. The number of carbonyl (C=O) groups is 1. The van der Waals surface area contributed by atoms with Gasteiger partial charge in [-0.1, -0.05) is 18.5 Å². The minimum Gasteiger partial charge on any atom is -0.339 e. The summed E-state index contributed by atoms with van der Waals surface area (Å²) in [6.45, 7) is 4.23. The highest BCUT2D eigenvalue weighted by atomic mass is 35.5. The smallest absolute Gasteiger partial charge is 0.242 e. The number of nitrogens with zero attached hydrogens (tertiary/aromatic N) is 1. The van der Waals surface area contributed by atoms with E-state index in [1.807, 2.05) is 19.1 Å². The maximum atomic E-state index is 12.0. The van der Waals surface area contributed by atoms with Crippen LogP contribution in [0.5, 0.6) is 0 Å². The van der Waals surface area contributed by atoms with E-state index in [4.69, 9.17) is 17.3 Å². The molecule has 1 atom stereocenters. The van der Waals surface area contributed by atoms with E-state index in [2.05, 4.69) is 0 Å². The van der Waals surface area contributed by atoms with Crippen LogP contribution in [0.25, 0.3) is 0 Å². The molecule has 0 aromatic carbocycles. The van der Waals surface area contributed by atoms with Crippen molar-refractivity contribution in [3.05, 3.63) is 21.3 Å². The van der Waals surface area contributed by atoms with Gasteiger partial charge in [-0.25, -0.2) is 0 Å². The van der Waals surface area contributed by atoms with E-state index < -0.39 is 5.54 Å². The monoisotopic (exact) mass is 260 g/mol. The Kier molecular flexibility index (Phi) is 4.35. The first-order valence-electron chi connectivity index (χ1n) is 5.15. The Morgan fingerprint density at radius 2 is 2.25 bits per heavy atom.